The number of hydrogen-bond acceptors (Lipinski definition) is 5. The maximum atomic E-state index is 13.4. The number of thiazole rings is 1. The number of nitrogens with zero attached hydrogens (tertiary/aromatic N) is 2. The third-order valence-corrected chi connectivity index (χ3v) is 3.58. The highest BCUT2D eigenvalue weighted by atomic mass is 32.1. The van der Waals surface area contributed by atoms with Crippen molar-refractivity contribution in [2.75, 3.05) is 24.4 Å². The fourth-order valence-electron chi connectivity index (χ4n) is 1.61. The van der Waals surface area contributed by atoms with Crippen molar-refractivity contribution in [2.45, 2.75) is 6.54 Å². The van der Waals surface area contributed by atoms with Crippen molar-refractivity contribution in [1.82, 2.24) is 9.55 Å². The average molecular weight is 314 g/mol. The van der Waals surface area contributed by atoms with E-state index in [1.165, 1.54) is 12.4 Å². The highest BCUT2D eigenvalue weighted by Gasteiger charge is 2.13. The molecule has 6 nitrogen and oxygen atoms in total. The molecule has 0 bridgehead atoms. The molecule has 2 N–H and O–H groups in total. The van der Waals surface area contributed by atoms with Gasteiger partial charge in [0.25, 0.3) is 11.5 Å². The van der Waals surface area contributed by atoms with Crippen LogP contribution in [0.1, 0.15) is 9.67 Å². The van der Waals surface area contributed by atoms with Crippen LogP contribution in [-0.4, -0.2) is 29.2 Å². The lowest BCUT2D eigenvalue weighted by atomic mass is 10.3. The van der Waals surface area contributed by atoms with Gasteiger partial charge in [-0.2, -0.15) is 0 Å². The van der Waals surface area contributed by atoms with Crippen LogP contribution in [0.4, 0.5) is 19.6 Å². The summed E-state index contributed by atoms with van der Waals surface area (Å²) in [6, 6.07) is 0.898. The molecule has 0 spiro atoms. The maximum absolute atomic E-state index is 13.4. The lowest BCUT2D eigenvalue weighted by molar-refractivity contribution is 0.103. The van der Waals surface area contributed by atoms with E-state index in [1.54, 1.807) is 7.05 Å². The Bertz CT molecular complexity index is 714. The highest BCUT2D eigenvalue weighted by molar-refractivity contribution is 7.17. The third kappa shape index (κ3) is 3.43. The Morgan fingerprint density at radius 1 is 1.52 bits per heavy atom. The van der Waals surface area contributed by atoms with E-state index in [0.717, 1.165) is 22.0 Å². The molecular weight excluding hydrogens is 302 g/mol. The van der Waals surface area contributed by atoms with Gasteiger partial charge in [-0.05, 0) is 0 Å². The van der Waals surface area contributed by atoms with Gasteiger partial charge in [0.2, 0.25) is 0 Å². The minimum absolute atomic E-state index is 0.0740. The lowest BCUT2D eigenvalue weighted by Crippen LogP contribution is -2.24. The van der Waals surface area contributed by atoms with Crippen molar-refractivity contribution < 1.29 is 13.6 Å². The molecule has 112 valence electrons. The number of hydrogen-bond donors (Lipinski definition) is 2. The quantitative estimate of drug-likeness (QED) is 0.881. The van der Waals surface area contributed by atoms with Gasteiger partial charge in [0.1, 0.15) is 11.6 Å². The Morgan fingerprint density at radius 3 is 2.90 bits per heavy atom. The molecule has 0 radical (unpaired) electrons. The summed E-state index contributed by atoms with van der Waals surface area (Å²) in [6.07, 6.45) is 2.57. The Kier molecular flexibility index (Phi) is 4.63. The van der Waals surface area contributed by atoms with Gasteiger partial charge in [-0.3, -0.25) is 9.59 Å². The molecule has 9 heteroatoms. The first-order valence-electron chi connectivity index (χ1n) is 5.96. The summed E-state index contributed by atoms with van der Waals surface area (Å²) < 4.78 is 26.6. The molecule has 0 aliphatic rings. The molecule has 21 heavy (non-hydrogen) atoms. The van der Waals surface area contributed by atoms with Gasteiger partial charge in [-0.1, -0.05) is 11.3 Å². The van der Waals surface area contributed by atoms with Crippen molar-refractivity contribution in [1.29, 1.82) is 0 Å². The van der Waals surface area contributed by atoms with Crippen LogP contribution in [0.2, 0.25) is 0 Å². The molecule has 2 rings (SSSR count). The largest absolute Gasteiger partial charge is 0.365 e. The second-order valence-electron chi connectivity index (χ2n) is 4.00. The molecule has 0 aliphatic carbocycles. The van der Waals surface area contributed by atoms with Crippen LogP contribution in [0.3, 0.4) is 0 Å². The zero-order chi connectivity index (χ0) is 15.4. The lowest BCUT2D eigenvalue weighted by Gasteiger charge is -2.08. The number of aromatic nitrogens is 2. The normalized spacial score (nSPS) is 10.4. The maximum Gasteiger partial charge on any atom is 0.286 e. The van der Waals surface area contributed by atoms with Crippen LogP contribution in [0.5, 0.6) is 0 Å². The number of pyridine rings is 1. The first kappa shape index (κ1) is 15.1. The summed E-state index contributed by atoms with van der Waals surface area (Å²) in [5, 5.41) is 5.80. The van der Waals surface area contributed by atoms with Crippen molar-refractivity contribution >= 4 is 28.1 Å². The monoisotopic (exact) mass is 314 g/mol. The summed E-state index contributed by atoms with van der Waals surface area (Å²) in [7, 11) is 1.67. The molecule has 0 aromatic carbocycles. The molecule has 2 heterocycles. The molecule has 2 aromatic heterocycles. The van der Waals surface area contributed by atoms with E-state index < -0.39 is 24.0 Å². The standard InChI is InChI=1S/C12H12F2N4O2S/c1-15-12-16-5-9(21-12)10(19)17-7-4-8(14)11(20)18(6-7)3-2-13/h4-6H,2-3H2,1H3,(H,15,16)(H,17,19). The SMILES string of the molecule is CNc1ncc(C(=O)Nc2cc(F)c(=O)n(CCF)c2)s1. The predicted molar refractivity (Wildman–Crippen MR) is 76.2 cm³/mol. The molecule has 0 aliphatic heterocycles. The van der Waals surface area contributed by atoms with Gasteiger partial charge in [0, 0.05) is 19.3 Å². The van der Waals surface area contributed by atoms with Crippen molar-refractivity contribution in [3.63, 3.8) is 0 Å². The Labute approximate surface area is 122 Å². The number of anilines is 2. The van der Waals surface area contributed by atoms with E-state index in [-0.39, 0.29) is 12.2 Å². The number of nitrogens with one attached hydrogen (secondary N) is 2. The second-order valence-corrected chi connectivity index (χ2v) is 5.03. The van der Waals surface area contributed by atoms with Gasteiger partial charge >= 0.3 is 0 Å². The first-order chi connectivity index (χ1) is 10.0. The van der Waals surface area contributed by atoms with Gasteiger partial charge < -0.3 is 15.2 Å². The zero-order valence-electron chi connectivity index (χ0n) is 11.0. The number of amides is 1. The Hall–Kier alpha value is -2.29. The third-order valence-electron chi connectivity index (χ3n) is 2.57. The van der Waals surface area contributed by atoms with Crippen LogP contribution in [0, 0.1) is 5.82 Å². The molecular formula is C12H12F2N4O2S. The summed E-state index contributed by atoms with van der Waals surface area (Å²) in [5.41, 5.74) is -0.856. The van der Waals surface area contributed by atoms with Crippen molar-refractivity contribution in [2.24, 2.45) is 0 Å². The number of rotatable bonds is 5. The Balaban J connectivity index is 2.22. The molecule has 0 fully saturated rings. The minimum Gasteiger partial charge on any atom is -0.365 e. The van der Waals surface area contributed by atoms with Crippen LogP contribution in [0.15, 0.2) is 23.3 Å². The number of alkyl halides is 1. The van der Waals surface area contributed by atoms with Crippen LogP contribution >= 0.6 is 11.3 Å². The second kappa shape index (κ2) is 6.44. The van der Waals surface area contributed by atoms with E-state index >= 15 is 0 Å². The predicted octanol–water partition coefficient (Wildman–Crippen LogP) is 1.71. The minimum atomic E-state index is -1.05. The molecule has 0 saturated carbocycles. The first-order valence-corrected chi connectivity index (χ1v) is 6.77. The van der Waals surface area contributed by atoms with E-state index in [9.17, 15) is 18.4 Å². The fraction of sp³-hybridized carbons (Fsp3) is 0.250. The van der Waals surface area contributed by atoms with Crippen LogP contribution in [0.25, 0.3) is 0 Å². The summed E-state index contributed by atoms with van der Waals surface area (Å²) in [5.74, 6) is -1.54. The molecule has 2 aromatic rings. The topological polar surface area (TPSA) is 76.0 Å². The molecule has 0 saturated heterocycles. The number of halogens is 2. The summed E-state index contributed by atoms with van der Waals surface area (Å²) in [6.45, 7) is -1.08. The van der Waals surface area contributed by atoms with Crippen molar-refractivity contribution in [3.8, 4) is 0 Å². The Morgan fingerprint density at radius 2 is 2.29 bits per heavy atom. The van der Waals surface area contributed by atoms with E-state index in [0.29, 0.717) is 10.0 Å². The molecule has 0 unspecified atom stereocenters. The van der Waals surface area contributed by atoms with Crippen LogP contribution < -0.4 is 16.2 Å². The van der Waals surface area contributed by atoms with Gasteiger partial charge in [-0.25, -0.2) is 13.8 Å². The number of carbonyl (C=O) groups excluding carboxylic acids is 1. The highest BCUT2D eigenvalue weighted by Crippen LogP contribution is 2.18. The van der Waals surface area contributed by atoms with Crippen LogP contribution in [-0.2, 0) is 6.54 Å². The summed E-state index contributed by atoms with van der Waals surface area (Å²) in [4.78, 5) is 27.6. The van der Waals surface area contributed by atoms with Crippen molar-refractivity contribution in [3.05, 3.63) is 39.5 Å². The van der Waals surface area contributed by atoms with Gasteiger partial charge in [-0.15, -0.1) is 0 Å². The fourth-order valence-corrected chi connectivity index (χ4v) is 2.28. The van der Waals surface area contributed by atoms with E-state index in [2.05, 4.69) is 15.6 Å². The van der Waals surface area contributed by atoms with Gasteiger partial charge in [0.15, 0.2) is 10.9 Å². The van der Waals surface area contributed by atoms with E-state index in [4.69, 9.17) is 0 Å². The molecule has 0 atom stereocenters. The van der Waals surface area contributed by atoms with Gasteiger partial charge in [0.05, 0.1) is 18.4 Å². The average Bonchev–Trinajstić information content (AvgIpc) is 2.93. The number of aryl methyl sites for hydroxylation is 1. The smallest absolute Gasteiger partial charge is 0.286 e. The summed E-state index contributed by atoms with van der Waals surface area (Å²) >= 11 is 1.13. The zero-order valence-corrected chi connectivity index (χ0v) is 11.8. The van der Waals surface area contributed by atoms with E-state index in [1.807, 2.05) is 0 Å². The molecule has 1 amide bonds. The number of carbonyl (C=O) groups is 1.